The van der Waals surface area contributed by atoms with Gasteiger partial charge in [0.2, 0.25) is 0 Å². The summed E-state index contributed by atoms with van der Waals surface area (Å²) in [6.45, 7) is 8.28. The highest BCUT2D eigenvalue weighted by atomic mass is 32.1. The van der Waals surface area contributed by atoms with Crippen molar-refractivity contribution < 1.29 is 0 Å². The van der Waals surface area contributed by atoms with Crippen LogP contribution in [0.25, 0.3) is 0 Å². The van der Waals surface area contributed by atoms with Gasteiger partial charge in [-0.3, -0.25) is 4.90 Å². The summed E-state index contributed by atoms with van der Waals surface area (Å²) in [7, 11) is 0. The molecule has 1 N–H and O–H groups in total. The molecule has 3 heteroatoms. The van der Waals surface area contributed by atoms with Crippen LogP contribution >= 0.6 is 11.3 Å². The quantitative estimate of drug-likeness (QED) is 0.855. The smallest absolute Gasteiger partial charge is 0.0469 e. The predicted octanol–water partition coefficient (Wildman–Crippen LogP) is 3.91. The number of hydrogen-bond donors (Lipinski definition) is 1. The van der Waals surface area contributed by atoms with E-state index in [4.69, 9.17) is 0 Å². The molecule has 2 unspecified atom stereocenters. The molecule has 1 aliphatic heterocycles. The van der Waals surface area contributed by atoms with Crippen molar-refractivity contribution in [3.8, 4) is 0 Å². The van der Waals surface area contributed by atoms with Gasteiger partial charge in [-0.05, 0) is 62.1 Å². The van der Waals surface area contributed by atoms with E-state index in [1.54, 1.807) is 4.88 Å². The summed E-state index contributed by atoms with van der Waals surface area (Å²) in [4.78, 5) is 4.39. The van der Waals surface area contributed by atoms with Crippen LogP contribution in [0.2, 0.25) is 0 Å². The Labute approximate surface area is 127 Å². The fraction of sp³-hybridized carbons (Fsp3) is 0.765. The van der Waals surface area contributed by atoms with E-state index >= 15 is 0 Å². The zero-order valence-corrected chi connectivity index (χ0v) is 13.7. The average Bonchev–Trinajstić information content (AvgIpc) is 3.12. The van der Waals surface area contributed by atoms with E-state index in [9.17, 15) is 0 Å². The maximum absolute atomic E-state index is 3.63. The monoisotopic (exact) mass is 292 g/mol. The van der Waals surface area contributed by atoms with Gasteiger partial charge in [-0.2, -0.15) is 0 Å². The van der Waals surface area contributed by atoms with Crippen LogP contribution in [0.3, 0.4) is 0 Å². The van der Waals surface area contributed by atoms with Gasteiger partial charge in [0.25, 0.3) is 0 Å². The molecule has 0 radical (unpaired) electrons. The minimum atomic E-state index is 0.613. The third kappa shape index (κ3) is 3.63. The SMILES string of the molecule is CC(C)NCC1CCCN(C(c2cccs2)C2CC2)C1. The van der Waals surface area contributed by atoms with E-state index in [0.717, 1.165) is 17.9 Å². The molecule has 0 aromatic carbocycles. The topological polar surface area (TPSA) is 15.3 Å². The lowest BCUT2D eigenvalue weighted by molar-refractivity contribution is 0.110. The predicted molar refractivity (Wildman–Crippen MR) is 87.2 cm³/mol. The van der Waals surface area contributed by atoms with Crippen LogP contribution in [0.4, 0.5) is 0 Å². The van der Waals surface area contributed by atoms with E-state index in [1.807, 2.05) is 11.3 Å². The average molecular weight is 292 g/mol. The van der Waals surface area contributed by atoms with Gasteiger partial charge in [-0.15, -0.1) is 11.3 Å². The fourth-order valence-electron chi connectivity index (χ4n) is 3.50. The molecule has 112 valence electrons. The summed E-state index contributed by atoms with van der Waals surface area (Å²) in [5.41, 5.74) is 0. The summed E-state index contributed by atoms with van der Waals surface area (Å²) in [6.07, 6.45) is 5.65. The van der Waals surface area contributed by atoms with Crippen molar-refractivity contribution in [2.24, 2.45) is 11.8 Å². The van der Waals surface area contributed by atoms with Crippen molar-refractivity contribution in [2.45, 2.75) is 51.6 Å². The first-order chi connectivity index (χ1) is 9.74. The van der Waals surface area contributed by atoms with Crippen LogP contribution < -0.4 is 5.32 Å². The maximum Gasteiger partial charge on any atom is 0.0469 e. The van der Waals surface area contributed by atoms with Crippen LogP contribution in [-0.4, -0.2) is 30.6 Å². The highest BCUT2D eigenvalue weighted by Gasteiger charge is 2.38. The number of hydrogen-bond acceptors (Lipinski definition) is 3. The normalized spacial score (nSPS) is 26.1. The van der Waals surface area contributed by atoms with Gasteiger partial charge in [-0.1, -0.05) is 19.9 Å². The Hall–Kier alpha value is -0.380. The van der Waals surface area contributed by atoms with Crippen molar-refractivity contribution in [3.05, 3.63) is 22.4 Å². The molecular formula is C17H28N2S. The van der Waals surface area contributed by atoms with Crippen molar-refractivity contribution >= 4 is 11.3 Å². The molecule has 20 heavy (non-hydrogen) atoms. The number of likely N-dealkylation sites (tertiary alicyclic amines) is 1. The third-order valence-electron chi connectivity index (χ3n) is 4.66. The van der Waals surface area contributed by atoms with E-state index in [2.05, 4.69) is 41.6 Å². The summed E-state index contributed by atoms with van der Waals surface area (Å²) in [6, 6.07) is 5.90. The van der Waals surface area contributed by atoms with E-state index < -0.39 is 0 Å². The van der Waals surface area contributed by atoms with Crippen LogP contribution in [0.15, 0.2) is 17.5 Å². The van der Waals surface area contributed by atoms with E-state index in [-0.39, 0.29) is 0 Å². The number of thiophene rings is 1. The van der Waals surface area contributed by atoms with Crippen LogP contribution in [0, 0.1) is 11.8 Å². The molecule has 1 saturated carbocycles. The molecule has 0 amide bonds. The molecule has 0 spiro atoms. The largest absolute Gasteiger partial charge is 0.314 e. The van der Waals surface area contributed by atoms with Gasteiger partial charge in [0.15, 0.2) is 0 Å². The molecule has 1 aromatic heterocycles. The molecule has 2 aliphatic rings. The highest BCUT2D eigenvalue weighted by molar-refractivity contribution is 7.10. The highest BCUT2D eigenvalue weighted by Crippen LogP contribution is 2.46. The number of nitrogens with one attached hydrogen (secondary N) is 1. The van der Waals surface area contributed by atoms with Crippen molar-refractivity contribution in [1.82, 2.24) is 10.2 Å². The Morgan fingerprint density at radius 2 is 2.20 bits per heavy atom. The Morgan fingerprint density at radius 1 is 1.35 bits per heavy atom. The Morgan fingerprint density at radius 3 is 2.85 bits per heavy atom. The second kappa shape index (κ2) is 6.59. The van der Waals surface area contributed by atoms with Crippen molar-refractivity contribution in [1.29, 1.82) is 0 Å². The molecule has 0 bridgehead atoms. The molecule has 2 heterocycles. The van der Waals surface area contributed by atoms with Gasteiger partial charge < -0.3 is 5.32 Å². The molecule has 2 fully saturated rings. The third-order valence-corrected chi connectivity index (χ3v) is 5.60. The lowest BCUT2D eigenvalue weighted by Gasteiger charge is -2.38. The zero-order valence-electron chi connectivity index (χ0n) is 12.8. The summed E-state index contributed by atoms with van der Waals surface area (Å²) in [5.74, 6) is 1.78. The molecule has 2 nitrogen and oxygen atoms in total. The van der Waals surface area contributed by atoms with Gasteiger partial charge >= 0.3 is 0 Å². The van der Waals surface area contributed by atoms with Crippen LogP contribution in [-0.2, 0) is 0 Å². The first kappa shape index (κ1) is 14.6. The second-order valence-corrected chi connectivity index (χ2v) is 7.84. The molecular weight excluding hydrogens is 264 g/mol. The maximum atomic E-state index is 3.63. The lowest BCUT2D eigenvalue weighted by Crippen LogP contribution is -2.43. The van der Waals surface area contributed by atoms with Crippen LogP contribution in [0.1, 0.15) is 50.4 Å². The van der Waals surface area contributed by atoms with Crippen molar-refractivity contribution in [3.63, 3.8) is 0 Å². The first-order valence-electron chi connectivity index (χ1n) is 8.25. The zero-order chi connectivity index (χ0) is 13.9. The Balaban J connectivity index is 1.62. The summed E-state index contributed by atoms with van der Waals surface area (Å²) < 4.78 is 0. The van der Waals surface area contributed by atoms with Gasteiger partial charge in [0.1, 0.15) is 0 Å². The number of piperidine rings is 1. The van der Waals surface area contributed by atoms with Gasteiger partial charge in [0, 0.05) is 23.5 Å². The number of rotatable bonds is 6. The fourth-order valence-corrected chi connectivity index (χ4v) is 4.45. The molecule has 1 saturated heterocycles. The minimum absolute atomic E-state index is 0.613. The van der Waals surface area contributed by atoms with E-state index in [0.29, 0.717) is 6.04 Å². The molecule has 2 atom stereocenters. The summed E-state index contributed by atoms with van der Waals surface area (Å²) in [5, 5.41) is 5.87. The van der Waals surface area contributed by atoms with E-state index in [1.165, 1.54) is 45.3 Å². The Kier molecular flexibility index (Phi) is 4.79. The molecule has 1 aliphatic carbocycles. The van der Waals surface area contributed by atoms with Gasteiger partial charge in [-0.25, -0.2) is 0 Å². The second-order valence-electron chi connectivity index (χ2n) is 6.86. The van der Waals surface area contributed by atoms with Gasteiger partial charge in [0.05, 0.1) is 0 Å². The van der Waals surface area contributed by atoms with Crippen molar-refractivity contribution in [2.75, 3.05) is 19.6 Å². The molecule has 1 aromatic rings. The number of nitrogens with zero attached hydrogens (tertiary/aromatic N) is 1. The summed E-state index contributed by atoms with van der Waals surface area (Å²) >= 11 is 1.96. The van der Waals surface area contributed by atoms with Crippen LogP contribution in [0.5, 0.6) is 0 Å². The lowest BCUT2D eigenvalue weighted by atomic mass is 9.95. The minimum Gasteiger partial charge on any atom is -0.314 e. The Bertz CT molecular complexity index is 397. The standard InChI is InChI=1S/C17H28N2S/c1-13(2)18-11-14-5-3-9-19(12-14)17(15-7-8-15)16-6-4-10-20-16/h4,6,10,13-15,17-18H,3,5,7-9,11-12H2,1-2H3. The molecule has 3 rings (SSSR count). The first-order valence-corrected chi connectivity index (χ1v) is 9.13.